The molecule has 0 aromatic heterocycles. The van der Waals surface area contributed by atoms with Crippen molar-refractivity contribution in [1.29, 1.82) is 0 Å². The molecule has 458 valence electrons. The Labute approximate surface area is 491 Å². The molecule has 0 bridgehead atoms. The molecule has 0 fully saturated rings. The van der Waals surface area contributed by atoms with E-state index in [4.69, 9.17) is 14.2 Å². The van der Waals surface area contributed by atoms with Crippen LogP contribution in [0.15, 0.2) is 72.9 Å². The summed E-state index contributed by atoms with van der Waals surface area (Å²) in [6.45, 7) is 6.49. The van der Waals surface area contributed by atoms with Crippen LogP contribution in [0.5, 0.6) is 0 Å². The maximum absolute atomic E-state index is 12.8. The first kappa shape index (κ1) is 75.8. The third-order valence-corrected chi connectivity index (χ3v) is 15.2. The van der Waals surface area contributed by atoms with Crippen LogP contribution in [0.3, 0.4) is 0 Å². The highest BCUT2D eigenvalue weighted by atomic mass is 16.6. The number of allylic oxidation sites excluding steroid dienone is 12. The van der Waals surface area contributed by atoms with E-state index in [1.54, 1.807) is 0 Å². The maximum Gasteiger partial charge on any atom is 0.306 e. The third-order valence-electron chi connectivity index (χ3n) is 15.2. The van der Waals surface area contributed by atoms with Crippen LogP contribution >= 0.6 is 0 Å². The van der Waals surface area contributed by atoms with Gasteiger partial charge in [0.25, 0.3) is 0 Å². The molecule has 1 unspecified atom stereocenters. The Hall–Kier alpha value is -3.15. The first-order chi connectivity index (χ1) is 39.0. The lowest BCUT2D eigenvalue weighted by molar-refractivity contribution is -0.167. The van der Waals surface area contributed by atoms with Gasteiger partial charge in [-0.25, -0.2) is 0 Å². The van der Waals surface area contributed by atoms with Crippen LogP contribution in [-0.4, -0.2) is 37.2 Å². The summed E-state index contributed by atoms with van der Waals surface area (Å²) in [7, 11) is 0. The second kappa shape index (κ2) is 67.4. The molecule has 0 spiro atoms. The summed E-state index contributed by atoms with van der Waals surface area (Å²) in [5, 5.41) is 0. The van der Waals surface area contributed by atoms with Crippen LogP contribution in [0.1, 0.15) is 355 Å². The van der Waals surface area contributed by atoms with Gasteiger partial charge in [0, 0.05) is 19.3 Å². The van der Waals surface area contributed by atoms with Crippen molar-refractivity contribution in [3.8, 4) is 0 Å². The average Bonchev–Trinajstić information content (AvgIpc) is 3.45. The molecule has 0 aromatic carbocycles. The van der Waals surface area contributed by atoms with E-state index >= 15 is 0 Å². The van der Waals surface area contributed by atoms with Crippen molar-refractivity contribution in [2.45, 2.75) is 361 Å². The van der Waals surface area contributed by atoms with Gasteiger partial charge < -0.3 is 14.2 Å². The molecule has 0 aliphatic rings. The number of rotatable bonds is 63. The molecule has 6 heteroatoms. The van der Waals surface area contributed by atoms with Gasteiger partial charge in [0.1, 0.15) is 13.2 Å². The molecular formula is C73H130O6. The standard InChI is InChI=1S/C73H130O6/c1-4-7-10-13-15-17-19-21-23-25-27-29-30-31-32-33-34-35-36-37-38-39-40-41-42-44-45-47-49-51-53-55-57-60-63-66-72(75)78-69-70(68-77-71(74)65-62-59-12-9-6-3)79-73(76)67-64-61-58-56-54-52-50-48-46-43-28-26-24-22-20-18-16-14-11-8-5-2/h7,10,15,17,21,23,27,29,31-32,34-35,70H,4-6,8-9,11-14,16,18-20,22,24-26,28,30,33,36-69H2,1-3H3/b10-7-,17-15-,23-21-,29-27-,32-31-,35-34-. The SMILES string of the molecule is CC/C=C\C/C=C\C/C=C\C/C=C\C/C=C\C/C=C\CCCCCCCCCCCCCCCCCCC(=O)OCC(COC(=O)CCCCCCC)OC(=O)CCCCCCCCCCCCCCCCCCCCCCC. The number of hydrogen-bond donors (Lipinski definition) is 0. The zero-order valence-electron chi connectivity index (χ0n) is 52.6. The van der Waals surface area contributed by atoms with E-state index in [0.717, 1.165) is 103 Å². The first-order valence-electron chi connectivity index (χ1n) is 34.4. The van der Waals surface area contributed by atoms with Crippen LogP contribution in [0, 0.1) is 0 Å². The Morgan fingerprint density at radius 1 is 0.266 bits per heavy atom. The minimum Gasteiger partial charge on any atom is -0.462 e. The fourth-order valence-corrected chi connectivity index (χ4v) is 10.1. The van der Waals surface area contributed by atoms with Crippen molar-refractivity contribution in [1.82, 2.24) is 0 Å². The number of carbonyl (C=O) groups excluding carboxylic acids is 3. The lowest BCUT2D eigenvalue weighted by Crippen LogP contribution is -2.30. The van der Waals surface area contributed by atoms with Crippen molar-refractivity contribution < 1.29 is 28.6 Å². The minimum atomic E-state index is -0.768. The van der Waals surface area contributed by atoms with E-state index in [1.165, 1.54) is 212 Å². The van der Waals surface area contributed by atoms with Crippen LogP contribution < -0.4 is 0 Å². The van der Waals surface area contributed by atoms with E-state index in [2.05, 4.69) is 93.7 Å². The summed E-state index contributed by atoms with van der Waals surface area (Å²) in [5.41, 5.74) is 0. The van der Waals surface area contributed by atoms with Gasteiger partial charge in [-0.1, -0.05) is 338 Å². The molecule has 0 amide bonds. The molecule has 0 aromatic rings. The summed E-state index contributed by atoms with van der Waals surface area (Å²) in [6, 6.07) is 0. The number of ether oxygens (including phenoxy) is 3. The molecule has 0 saturated carbocycles. The van der Waals surface area contributed by atoms with Crippen LogP contribution in [-0.2, 0) is 28.6 Å². The van der Waals surface area contributed by atoms with Gasteiger partial charge in [-0.2, -0.15) is 0 Å². The van der Waals surface area contributed by atoms with E-state index < -0.39 is 6.10 Å². The number of hydrogen-bond acceptors (Lipinski definition) is 6. The second-order valence-corrected chi connectivity index (χ2v) is 23.1. The van der Waals surface area contributed by atoms with Gasteiger partial charge in [0.15, 0.2) is 6.10 Å². The Morgan fingerprint density at radius 2 is 0.494 bits per heavy atom. The van der Waals surface area contributed by atoms with Crippen LogP contribution in [0.4, 0.5) is 0 Å². The highest BCUT2D eigenvalue weighted by molar-refractivity contribution is 5.71. The first-order valence-corrected chi connectivity index (χ1v) is 34.4. The molecular weight excluding hydrogens is 973 g/mol. The number of carbonyl (C=O) groups is 3. The van der Waals surface area contributed by atoms with Crippen LogP contribution in [0.2, 0.25) is 0 Å². The summed E-state index contributed by atoms with van der Waals surface area (Å²) in [5.74, 6) is -0.863. The van der Waals surface area contributed by atoms with Crippen molar-refractivity contribution in [2.24, 2.45) is 0 Å². The van der Waals surface area contributed by atoms with Gasteiger partial charge in [-0.15, -0.1) is 0 Å². The Balaban J connectivity index is 3.93. The van der Waals surface area contributed by atoms with E-state index in [0.29, 0.717) is 19.3 Å². The van der Waals surface area contributed by atoms with Gasteiger partial charge in [-0.05, 0) is 70.6 Å². The Bertz CT molecular complexity index is 1450. The number of unbranched alkanes of at least 4 members (excludes halogenated alkanes) is 40. The summed E-state index contributed by atoms with van der Waals surface area (Å²) in [4.78, 5) is 38.0. The average molecular weight is 1100 g/mol. The summed E-state index contributed by atoms with van der Waals surface area (Å²) >= 11 is 0. The Kier molecular flexibility index (Phi) is 64.7. The molecule has 79 heavy (non-hydrogen) atoms. The van der Waals surface area contributed by atoms with E-state index in [-0.39, 0.29) is 31.1 Å². The lowest BCUT2D eigenvalue weighted by atomic mass is 10.0. The van der Waals surface area contributed by atoms with Crippen molar-refractivity contribution >= 4 is 17.9 Å². The number of esters is 3. The molecule has 1 atom stereocenters. The Morgan fingerprint density at radius 3 is 0.772 bits per heavy atom. The highest BCUT2D eigenvalue weighted by Crippen LogP contribution is 2.18. The predicted molar refractivity (Wildman–Crippen MR) is 344 cm³/mol. The smallest absolute Gasteiger partial charge is 0.306 e. The molecule has 0 N–H and O–H groups in total. The van der Waals surface area contributed by atoms with Gasteiger partial charge in [0.2, 0.25) is 0 Å². The molecule has 0 radical (unpaired) electrons. The fourth-order valence-electron chi connectivity index (χ4n) is 10.1. The summed E-state index contributed by atoms with van der Waals surface area (Å²) in [6.07, 6.45) is 88.4. The third kappa shape index (κ3) is 65.5. The van der Waals surface area contributed by atoms with E-state index in [9.17, 15) is 14.4 Å². The van der Waals surface area contributed by atoms with Crippen molar-refractivity contribution in [3.05, 3.63) is 72.9 Å². The van der Waals surface area contributed by atoms with Gasteiger partial charge in [0.05, 0.1) is 0 Å². The van der Waals surface area contributed by atoms with Crippen LogP contribution in [0.25, 0.3) is 0 Å². The molecule has 6 nitrogen and oxygen atoms in total. The topological polar surface area (TPSA) is 78.9 Å². The normalized spacial score (nSPS) is 12.5. The quantitative estimate of drug-likeness (QED) is 0.0261. The predicted octanol–water partition coefficient (Wildman–Crippen LogP) is 23.7. The molecule has 0 aliphatic heterocycles. The molecule has 0 aliphatic carbocycles. The molecule has 0 rings (SSSR count). The monoisotopic (exact) mass is 1100 g/mol. The van der Waals surface area contributed by atoms with Crippen molar-refractivity contribution in [3.63, 3.8) is 0 Å². The highest BCUT2D eigenvalue weighted by Gasteiger charge is 2.19. The maximum atomic E-state index is 12.8. The second-order valence-electron chi connectivity index (χ2n) is 23.1. The minimum absolute atomic E-state index is 0.0695. The van der Waals surface area contributed by atoms with Crippen molar-refractivity contribution in [2.75, 3.05) is 13.2 Å². The zero-order valence-corrected chi connectivity index (χ0v) is 52.6. The van der Waals surface area contributed by atoms with Gasteiger partial charge >= 0.3 is 17.9 Å². The zero-order chi connectivity index (χ0) is 57.1. The summed E-state index contributed by atoms with van der Waals surface area (Å²) < 4.78 is 16.8. The molecule has 0 saturated heterocycles. The molecule has 0 heterocycles. The largest absolute Gasteiger partial charge is 0.462 e. The van der Waals surface area contributed by atoms with E-state index in [1.807, 2.05) is 0 Å². The van der Waals surface area contributed by atoms with Gasteiger partial charge in [-0.3, -0.25) is 14.4 Å². The lowest BCUT2D eigenvalue weighted by Gasteiger charge is -2.18. The fraction of sp³-hybridized carbons (Fsp3) is 0.795.